The van der Waals surface area contributed by atoms with Crippen molar-refractivity contribution in [3.05, 3.63) is 437 Å². The van der Waals surface area contributed by atoms with Crippen LogP contribution in [0.4, 0.5) is 0 Å². The maximum Gasteiger partial charge on any atom is 0.0547 e. The smallest absolute Gasteiger partial charge is 0.0547 e. The summed E-state index contributed by atoms with van der Waals surface area (Å²) in [7, 11) is 0. The quantitative estimate of drug-likeness (QED) is 0.116. The molecule has 0 saturated heterocycles. The van der Waals surface area contributed by atoms with Gasteiger partial charge in [0, 0.05) is 65.8 Å². The van der Waals surface area contributed by atoms with Gasteiger partial charge in [-0.05, 0) is 192 Å². The van der Waals surface area contributed by atoms with Gasteiger partial charge in [0.1, 0.15) is 0 Å². The molecular formula is C108H72N4. The van der Waals surface area contributed by atoms with Gasteiger partial charge in [-0.2, -0.15) is 0 Å². The molecule has 0 aliphatic carbocycles. The zero-order valence-electron chi connectivity index (χ0n) is 61.4. The third-order valence-corrected chi connectivity index (χ3v) is 22.6. The molecule has 0 radical (unpaired) electrons. The third-order valence-electron chi connectivity index (χ3n) is 22.6. The fourth-order valence-corrected chi connectivity index (χ4v) is 17.5. The molecule has 4 heteroatoms. The van der Waals surface area contributed by atoms with Gasteiger partial charge in [0.15, 0.2) is 0 Å². The van der Waals surface area contributed by atoms with Gasteiger partial charge in [0.2, 0.25) is 0 Å². The molecule has 0 aliphatic heterocycles. The van der Waals surface area contributed by atoms with E-state index in [0.29, 0.717) is 0 Å². The van der Waals surface area contributed by atoms with Gasteiger partial charge in [0.25, 0.3) is 0 Å². The van der Waals surface area contributed by atoms with Crippen LogP contribution in [0.3, 0.4) is 0 Å². The van der Waals surface area contributed by atoms with Crippen molar-refractivity contribution in [1.29, 1.82) is 0 Å². The average Bonchev–Trinajstić information content (AvgIpc) is 1.57. The van der Waals surface area contributed by atoms with E-state index in [1.165, 1.54) is 176 Å². The lowest BCUT2D eigenvalue weighted by molar-refractivity contribution is 1.18. The number of rotatable bonds is 12. The molecule has 4 heterocycles. The Hall–Kier alpha value is -14.8. The van der Waals surface area contributed by atoms with E-state index in [1.807, 2.05) is 0 Å². The van der Waals surface area contributed by atoms with Crippen LogP contribution < -0.4 is 0 Å². The highest BCUT2D eigenvalue weighted by atomic mass is 15.0. The second-order valence-electron chi connectivity index (χ2n) is 29.1. The van der Waals surface area contributed by atoms with Crippen LogP contribution in [0.15, 0.2) is 437 Å². The first-order chi connectivity index (χ1) is 55.6. The van der Waals surface area contributed by atoms with E-state index >= 15 is 0 Å². The molecular weight excluding hydrogens is 1350 g/mol. The van der Waals surface area contributed by atoms with Gasteiger partial charge in [-0.1, -0.05) is 334 Å². The molecule has 0 fully saturated rings. The molecule has 4 aromatic heterocycles. The van der Waals surface area contributed by atoms with Gasteiger partial charge in [-0.15, -0.1) is 0 Å². The van der Waals surface area contributed by atoms with Gasteiger partial charge in [-0.3, -0.25) is 0 Å². The standard InChI is InChI=1S/2C54H36N2/c1-3-15-37(16-4-1)39-19-11-20-40(33-39)42-22-13-23-44(35-42)55-51-29-10-8-26-49(51)54-46(27-14-30-52(54)55)43-31-32-48-47-25-7-9-28-50(47)56(53(48)36-43)45-24-12-21-41(34-45)38-17-5-2-6-18-38;1-3-14-37(15-4-1)39-28-30-40(31-29-39)42-19-12-20-44(35-42)55-51-26-10-8-23-49(51)54-46(24-13-27-52(54)55)43-32-33-48-47-22-7-9-25-50(47)56(53(48)36-43)45-21-11-18-41(34-45)38-16-5-2-6-17-38/h2*1-36H. The number of fused-ring (bicyclic) bond motifs is 12. The van der Waals surface area contributed by atoms with Crippen molar-refractivity contribution in [2.45, 2.75) is 0 Å². The van der Waals surface area contributed by atoms with Crippen LogP contribution in [0.5, 0.6) is 0 Å². The summed E-state index contributed by atoms with van der Waals surface area (Å²) in [5.74, 6) is 0. The third kappa shape index (κ3) is 11.5. The normalized spacial score (nSPS) is 11.6. The lowest BCUT2D eigenvalue weighted by Crippen LogP contribution is -1.95. The second-order valence-corrected chi connectivity index (χ2v) is 29.1. The second kappa shape index (κ2) is 27.7. The molecule has 0 aliphatic rings. The molecule has 4 nitrogen and oxygen atoms in total. The number of nitrogens with zero attached hydrogens (tertiary/aromatic N) is 4. The average molecular weight is 1430 g/mol. The molecule has 22 aromatic rings. The van der Waals surface area contributed by atoms with Gasteiger partial charge < -0.3 is 18.3 Å². The van der Waals surface area contributed by atoms with E-state index in [-0.39, 0.29) is 0 Å². The lowest BCUT2D eigenvalue weighted by Gasteiger charge is -2.12. The molecule has 0 saturated carbocycles. The van der Waals surface area contributed by atoms with Crippen molar-refractivity contribution in [3.8, 4) is 112 Å². The molecule has 0 atom stereocenters. The maximum absolute atomic E-state index is 2.43. The van der Waals surface area contributed by atoms with E-state index in [2.05, 4.69) is 455 Å². The number of aromatic nitrogens is 4. The summed E-state index contributed by atoms with van der Waals surface area (Å²) in [6.07, 6.45) is 0. The fourth-order valence-electron chi connectivity index (χ4n) is 17.5. The zero-order valence-corrected chi connectivity index (χ0v) is 61.4. The Morgan fingerprint density at radius 1 is 0.116 bits per heavy atom. The van der Waals surface area contributed by atoms with Gasteiger partial charge in [-0.25, -0.2) is 0 Å². The van der Waals surface area contributed by atoms with Crippen LogP contribution in [-0.2, 0) is 0 Å². The summed E-state index contributed by atoms with van der Waals surface area (Å²) in [6, 6.07) is 159. The van der Waals surface area contributed by atoms with Crippen LogP contribution in [0.1, 0.15) is 0 Å². The Bertz CT molecular complexity index is 7340. The molecule has 0 bridgehead atoms. The molecule has 112 heavy (non-hydrogen) atoms. The van der Waals surface area contributed by atoms with E-state index in [9.17, 15) is 0 Å². The highest BCUT2D eigenvalue weighted by molar-refractivity contribution is 6.19. The minimum Gasteiger partial charge on any atom is -0.309 e. The van der Waals surface area contributed by atoms with Gasteiger partial charge in [0.05, 0.1) is 44.1 Å². The Labute approximate surface area is 649 Å². The van der Waals surface area contributed by atoms with Crippen LogP contribution in [0.25, 0.3) is 199 Å². The van der Waals surface area contributed by atoms with Crippen LogP contribution in [-0.4, -0.2) is 18.3 Å². The minimum absolute atomic E-state index is 1.14. The van der Waals surface area contributed by atoms with E-state index in [1.54, 1.807) is 0 Å². The van der Waals surface area contributed by atoms with Crippen molar-refractivity contribution < 1.29 is 0 Å². The first-order valence-corrected chi connectivity index (χ1v) is 38.5. The summed E-state index contributed by atoms with van der Waals surface area (Å²) < 4.78 is 9.73. The molecule has 18 aromatic carbocycles. The highest BCUT2D eigenvalue weighted by Crippen LogP contribution is 2.45. The van der Waals surface area contributed by atoms with Crippen molar-refractivity contribution in [1.82, 2.24) is 18.3 Å². The SMILES string of the molecule is c1ccc(-c2ccc(-c3cccc(-n4c5ccccc5c5c(-c6ccc7c8ccccc8n(-c8cccc(-c9ccccc9)c8)c7c6)cccc54)c3)cc2)cc1.c1ccc(-c2cccc(-c3cccc(-n4c5ccccc5c5c(-c6ccc7c8ccccc8n(-c8cccc(-c9ccccc9)c8)c7c6)cccc54)c3)c2)cc1. The minimum atomic E-state index is 1.14. The largest absolute Gasteiger partial charge is 0.309 e. The highest BCUT2D eigenvalue weighted by Gasteiger charge is 2.23. The topological polar surface area (TPSA) is 19.7 Å². The fraction of sp³-hybridized carbons (Fsp3) is 0. The number of benzene rings is 18. The predicted octanol–water partition coefficient (Wildman–Crippen LogP) is 29.1. The van der Waals surface area contributed by atoms with Crippen molar-refractivity contribution in [2.75, 3.05) is 0 Å². The van der Waals surface area contributed by atoms with Gasteiger partial charge >= 0.3 is 0 Å². The maximum atomic E-state index is 2.43. The monoisotopic (exact) mass is 1420 g/mol. The summed E-state index contributed by atoms with van der Waals surface area (Å²) in [5, 5.41) is 10.0. The Balaban J connectivity index is 0.000000141. The van der Waals surface area contributed by atoms with Crippen molar-refractivity contribution in [2.24, 2.45) is 0 Å². The van der Waals surface area contributed by atoms with E-state index in [4.69, 9.17) is 0 Å². The van der Waals surface area contributed by atoms with E-state index in [0.717, 1.165) is 22.7 Å². The molecule has 0 spiro atoms. The molecule has 22 rings (SSSR count). The molecule has 524 valence electrons. The van der Waals surface area contributed by atoms with Crippen LogP contribution >= 0.6 is 0 Å². The molecule has 0 N–H and O–H groups in total. The molecule has 0 unspecified atom stereocenters. The first-order valence-electron chi connectivity index (χ1n) is 38.5. The molecule has 0 amide bonds. The van der Waals surface area contributed by atoms with Crippen molar-refractivity contribution in [3.63, 3.8) is 0 Å². The Kier molecular flexibility index (Phi) is 16.2. The summed E-state index contributed by atoms with van der Waals surface area (Å²) in [4.78, 5) is 0. The summed E-state index contributed by atoms with van der Waals surface area (Å²) in [5.41, 5.74) is 33.5. The van der Waals surface area contributed by atoms with E-state index < -0.39 is 0 Å². The number of hydrogen-bond donors (Lipinski definition) is 0. The van der Waals surface area contributed by atoms with Crippen LogP contribution in [0.2, 0.25) is 0 Å². The number of para-hydroxylation sites is 4. The predicted molar refractivity (Wildman–Crippen MR) is 474 cm³/mol. The Morgan fingerprint density at radius 2 is 0.339 bits per heavy atom. The zero-order chi connectivity index (χ0) is 74.0. The van der Waals surface area contributed by atoms with Crippen LogP contribution in [0, 0.1) is 0 Å². The first kappa shape index (κ1) is 65.5. The lowest BCUT2D eigenvalue weighted by atomic mass is 9.98. The summed E-state index contributed by atoms with van der Waals surface area (Å²) >= 11 is 0. The Morgan fingerprint density at radius 3 is 0.714 bits per heavy atom. The van der Waals surface area contributed by atoms with Crippen molar-refractivity contribution >= 4 is 87.2 Å². The number of hydrogen-bond acceptors (Lipinski definition) is 0. The summed E-state index contributed by atoms with van der Waals surface area (Å²) in [6.45, 7) is 0.